The first-order chi connectivity index (χ1) is 11.7. The minimum absolute atomic E-state index is 0.239. The van der Waals surface area contributed by atoms with Crippen molar-refractivity contribution in [3.05, 3.63) is 71.8 Å². The zero-order chi connectivity index (χ0) is 16.4. The summed E-state index contributed by atoms with van der Waals surface area (Å²) >= 11 is 0. The van der Waals surface area contributed by atoms with Gasteiger partial charge in [-0.1, -0.05) is 67.6 Å². The standard InChI is InChI=1S/C24H24/c1-3-16-23(17-18-10-6-4-7-11-18)22(2)20-14-15-21(20)24(22,23)19-12-8-5-9-13-19/h1,4-13,20-21H,14-17H2,2H3/t20-,21+,22+,23+,24+/m1/s1. The van der Waals surface area contributed by atoms with E-state index in [-0.39, 0.29) is 5.41 Å². The third-order valence-electron chi connectivity index (χ3n) is 8.06. The first-order valence-corrected chi connectivity index (χ1v) is 9.25. The molecule has 5 rings (SSSR count). The van der Waals surface area contributed by atoms with Crippen LogP contribution >= 0.6 is 0 Å². The van der Waals surface area contributed by atoms with Crippen LogP contribution in [0.4, 0.5) is 0 Å². The Morgan fingerprint density at radius 2 is 1.58 bits per heavy atom. The Morgan fingerprint density at radius 3 is 2.17 bits per heavy atom. The Kier molecular flexibility index (Phi) is 2.72. The molecule has 0 radical (unpaired) electrons. The number of hydrogen-bond acceptors (Lipinski definition) is 0. The number of fused-ring (bicyclic) bond motifs is 4. The highest BCUT2D eigenvalue weighted by Gasteiger charge is 2.96. The molecule has 3 aliphatic rings. The summed E-state index contributed by atoms with van der Waals surface area (Å²) in [5.74, 6) is 4.81. The first-order valence-electron chi connectivity index (χ1n) is 9.25. The van der Waals surface area contributed by atoms with E-state index in [1.807, 2.05) is 0 Å². The van der Waals surface area contributed by atoms with Gasteiger partial charge in [-0.05, 0) is 47.6 Å². The van der Waals surface area contributed by atoms with Crippen LogP contribution in [0.1, 0.15) is 37.3 Å². The molecule has 0 saturated heterocycles. The van der Waals surface area contributed by atoms with E-state index in [2.05, 4.69) is 73.5 Å². The van der Waals surface area contributed by atoms with Crippen molar-refractivity contribution in [2.75, 3.05) is 0 Å². The molecule has 0 heterocycles. The highest BCUT2D eigenvalue weighted by Crippen LogP contribution is 2.98. The molecule has 0 aliphatic heterocycles. The molecule has 24 heavy (non-hydrogen) atoms. The fraction of sp³-hybridized carbons (Fsp3) is 0.417. The fourth-order valence-electron chi connectivity index (χ4n) is 7.25. The largest absolute Gasteiger partial charge is 0.120 e. The van der Waals surface area contributed by atoms with E-state index in [0.29, 0.717) is 10.8 Å². The average molecular weight is 312 g/mol. The first kappa shape index (κ1) is 14.4. The van der Waals surface area contributed by atoms with E-state index in [1.165, 1.54) is 18.4 Å². The Hall–Kier alpha value is -2.00. The second-order valence-corrected chi connectivity index (χ2v) is 8.29. The maximum absolute atomic E-state index is 5.92. The van der Waals surface area contributed by atoms with Crippen LogP contribution in [0.5, 0.6) is 0 Å². The molecule has 0 bridgehead atoms. The highest BCUT2D eigenvalue weighted by molar-refractivity contribution is 5.57. The molecule has 0 aromatic heterocycles. The van der Waals surface area contributed by atoms with Gasteiger partial charge >= 0.3 is 0 Å². The molecule has 0 heteroatoms. The van der Waals surface area contributed by atoms with E-state index in [9.17, 15) is 0 Å². The summed E-state index contributed by atoms with van der Waals surface area (Å²) in [6, 6.07) is 22.3. The predicted molar refractivity (Wildman–Crippen MR) is 98.5 cm³/mol. The van der Waals surface area contributed by atoms with Crippen LogP contribution in [-0.2, 0) is 11.8 Å². The van der Waals surface area contributed by atoms with Crippen molar-refractivity contribution < 1.29 is 0 Å². The van der Waals surface area contributed by atoms with Crippen LogP contribution in [-0.4, -0.2) is 0 Å². The lowest BCUT2D eigenvalue weighted by Crippen LogP contribution is -2.54. The lowest BCUT2D eigenvalue weighted by atomic mass is 9.46. The van der Waals surface area contributed by atoms with Crippen molar-refractivity contribution in [1.82, 2.24) is 0 Å². The maximum atomic E-state index is 5.92. The normalized spacial score (nSPS) is 41.2. The molecule has 0 N–H and O–H groups in total. The summed E-state index contributed by atoms with van der Waals surface area (Å²) in [6.07, 6.45) is 10.7. The molecule has 3 saturated carbocycles. The summed E-state index contributed by atoms with van der Waals surface area (Å²) in [5, 5.41) is 0. The minimum Gasteiger partial charge on any atom is -0.120 e. The van der Waals surface area contributed by atoms with Gasteiger partial charge in [-0.2, -0.15) is 0 Å². The molecule has 0 unspecified atom stereocenters. The minimum atomic E-state index is 0.239. The van der Waals surface area contributed by atoms with E-state index >= 15 is 0 Å². The lowest BCUT2D eigenvalue weighted by molar-refractivity contribution is -0.0483. The van der Waals surface area contributed by atoms with E-state index in [0.717, 1.165) is 24.7 Å². The van der Waals surface area contributed by atoms with Crippen LogP contribution in [0.25, 0.3) is 0 Å². The van der Waals surface area contributed by atoms with Gasteiger partial charge in [0.05, 0.1) is 0 Å². The summed E-state index contributed by atoms with van der Waals surface area (Å²) in [5.41, 5.74) is 3.92. The quantitative estimate of drug-likeness (QED) is 0.678. The molecule has 120 valence electrons. The Bertz CT molecular complexity index is 814. The molecule has 2 aromatic rings. The molecular formula is C24H24. The Balaban J connectivity index is 1.66. The number of rotatable bonds is 4. The molecule has 3 aliphatic carbocycles. The Labute approximate surface area is 145 Å². The topological polar surface area (TPSA) is 0 Å². The third kappa shape index (κ3) is 1.28. The number of hydrogen-bond donors (Lipinski definition) is 0. The second-order valence-electron chi connectivity index (χ2n) is 8.29. The lowest BCUT2D eigenvalue weighted by Gasteiger charge is -2.58. The van der Waals surface area contributed by atoms with Crippen LogP contribution < -0.4 is 0 Å². The van der Waals surface area contributed by atoms with Crippen molar-refractivity contribution in [1.29, 1.82) is 0 Å². The van der Waals surface area contributed by atoms with Gasteiger partial charge in [-0.25, -0.2) is 0 Å². The Morgan fingerprint density at radius 1 is 0.958 bits per heavy atom. The zero-order valence-electron chi connectivity index (χ0n) is 14.3. The third-order valence-corrected chi connectivity index (χ3v) is 8.06. The van der Waals surface area contributed by atoms with Gasteiger partial charge in [0, 0.05) is 17.3 Å². The van der Waals surface area contributed by atoms with Gasteiger partial charge in [0.2, 0.25) is 0 Å². The highest BCUT2D eigenvalue weighted by atomic mass is 15.0. The van der Waals surface area contributed by atoms with Gasteiger partial charge < -0.3 is 0 Å². The van der Waals surface area contributed by atoms with Gasteiger partial charge in [0.15, 0.2) is 0 Å². The molecule has 0 amide bonds. The molecule has 0 spiro atoms. The molecule has 3 fully saturated rings. The van der Waals surface area contributed by atoms with Gasteiger partial charge in [0.25, 0.3) is 0 Å². The molecule has 5 atom stereocenters. The van der Waals surface area contributed by atoms with E-state index in [1.54, 1.807) is 5.56 Å². The van der Waals surface area contributed by atoms with Gasteiger partial charge in [0.1, 0.15) is 0 Å². The summed E-state index contributed by atoms with van der Waals surface area (Å²) in [7, 11) is 0. The van der Waals surface area contributed by atoms with Crippen molar-refractivity contribution in [2.24, 2.45) is 22.7 Å². The molecule has 0 nitrogen and oxygen atoms in total. The number of benzene rings is 2. The monoisotopic (exact) mass is 312 g/mol. The molecule has 2 aromatic carbocycles. The van der Waals surface area contributed by atoms with E-state index in [4.69, 9.17) is 6.42 Å². The second kappa shape index (κ2) is 4.54. The van der Waals surface area contributed by atoms with Crippen molar-refractivity contribution in [3.8, 4) is 12.3 Å². The fourth-order valence-corrected chi connectivity index (χ4v) is 7.25. The van der Waals surface area contributed by atoms with Crippen molar-refractivity contribution in [2.45, 2.75) is 38.0 Å². The van der Waals surface area contributed by atoms with E-state index < -0.39 is 0 Å². The zero-order valence-corrected chi connectivity index (χ0v) is 14.3. The summed E-state index contributed by atoms with van der Waals surface area (Å²) in [4.78, 5) is 0. The summed E-state index contributed by atoms with van der Waals surface area (Å²) < 4.78 is 0. The van der Waals surface area contributed by atoms with Crippen LogP contribution in [0.2, 0.25) is 0 Å². The van der Waals surface area contributed by atoms with Crippen LogP contribution in [0.15, 0.2) is 60.7 Å². The SMILES string of the molecule is C#CC[C@]1(Cc2ccccc2)[C@]2(C)[C@@H]3CC[C@@H]3[C@]12c1ccccc1. The smallest absolute Gasteiger partial charge is 0.0160 e. The van der Waals surface area contributed by atoms with Crippen LogP contribution in [0.3, 0.4) is 0 Å². The van der Waals surface area contributed by atoms with Crippen molar-refractivity contribution in [3.63, 3.8) is 0 Å². The van der Waals surface area contributed by atoms with Crippen molar-refractivity contribution >= 4 is 0 Å². The maximum Gasteiger partial charge on any atom is 0.0160 e. The predicted octanol–water partition coefficient (Wildman–Crippen LogP) is 5.24. The van der Waals surface area contributed by atoms with Gasteiger partial charge in [-0.3, -0.25) is 0 Å². The molecular weight excluding hydrogens is 288 g/mol. The number of terminal acetylenes is 1. The van der Waals surface area contributed by atoms with Gasteiger partial charge in [-0.15, -0.1) is 12.3 Å². The van der Waals surface area contributed by atoms with Crippen LogP contribution in [0, 0.1) is 35.0 Å². The summed E-state index contributed by atoms with van der Waals surface area (Å²) in [6.45, 7) is 2.54. The average Bonchev–Trinajstić information content (AvgIpc) is 2.97.